The molecule has 0 radical (unpaired) electrons. The van der Waals surface area contributed by atoms with E-state index in [1.165, 1.54) is 30.3 Å². The predicted octanol–water partition coefficient (Wildman–Crippen LogP) is 3.84. The van der Waals surface area contributed by atoms with Crippen LogP contribution >= 0.6 is 11.6 Å². The minimum absolute atomic E-state index is 0.0436. The summed E-state index contributed by atoms with van der Waals surface area (Å²) in [6.45, 7) is 0.994. The van der Waals surface area contributed by atoms with Crippen LogP contribution in [0, 0.1) is 5.82 Å². The van der Waals surface area contributed by atoms with E-state index < -0.39 is 17.8 Å². The summed E-state index contributed by atoms with van der Waals surface area (Å²) in [5, 5.41) is 16.3. The first-order chi connectivity index (χ1) is 19.7. The smallest absolute Gasteiger partial charge is 0.243 e. The van der Waals surface area contributed by atoms with Crippen molar-refractivity contribution in [2.45, 2.75) is 45.0 Å². The van der Waals surface area contributed by atoms with Gasteiger partial charge in [0.15, 0.2) is 5.78 Å². The van der Waals surface area contributed by atoms with Gasteiger partial charge in [0.05, 0.1) is 35.8 Å². The minimum atomic E-state index is -0.610. The molecular weight excluding hydrogens is 551 g/mol. The second-order valence-electron chi connectivity index (χ2n) is 10.0. The molecule has 0 unspecified atom stereocenters. The van der Waals surface area contributed by atoms with E-state index >= 15 is 0 Å². The topological polar surface area (TPSA) is 129 Å². The quantitative estimate of drug-likeness (QED) is 0.244. The average molecular weight is 579 g/mol. The van der Waals surface area contributed by atoms with Crippen LogP contribution in [0.25, 0.3) is 10.9 Å². The molecule has 1 aliphatic carbocycles. The number of amides is 2. The molecule has 2 aromatic carbocycles. The van der Waals surface area contributed by atoms with Gasteiger partial charge in [0, 0.05) is 46.5 Å². The summed E-state index contributed by atoms with van der Waals surface area (Å²) in [6.07, 6.45) is 6.47. The molecule has 0 aliphatic heterocycles. The van der Waals surface area contributed by atoms with Crippen molar-refractivity contribution in [1.82, 2.24) is 24.8 Å². The summed E-state index contributed by atoms with van der Waals surface area (Å²) >= 11 is 5.83. The number of aliphatic hydroxyl groups excluding tert-OH is 1. The lowest BCUT2D eigenvalue weighted by atomic mass is 9.88. The van der Waals surface area contributed by atoms with E-state index in [0.717, 1.165) is 5.69 Å². The van der Waals surface area contributed by atoms with Gasteiger partial charge in [-0.15, -0.1) is 0 Å². The number of nitrogens with one attached hydrogen (secondary N) is 2. The van der Waals surface area contributed by atoms with E-state index in [0.29, 0.717) is 35.0 Å². The van der Waals surface area contributed by atoms with Crippen molar-refractivity contribution in [3.8, 4) is 0 Å². The Labute approximate surface area is 240 Å². The Kier molecular flexibility index (Phi) is 8.27. The van der Waals surface area contributed by atoms with Gasteiger partial charge < -0.3 is 25.2 Å². The van der Waals surface area contributed by atoms with E-state index in [1.807, 2.05) is 18.2 Å². The molecule has 10 nitrogen and oxygen atoms in total. The summed E-state index contributed by atoms with van der Waals surface area (Å²) in [4.78, 5) is 48.2. The zero-order chi connectivity index (χ0) is 29.1. The molecule has 0 bridgehead atoms. The Balaban J connectivity index is 1.33. The largest absolute Gasteiger partial charge is 0.393 e. The standard InChI is InChI=1S/C29H28ClFN6O4/c1-17(38)24-13-36(26-6-5-19(7-23(24)26)35-20-11-32-16-33-12-20)15-28(41)37(21-8-22(39)9-21)14-27(40)34-10-18-3-2-4-25(30)29(18)31/h2-7,11-13,16,21-22,35,39H,8-10,14-15H2,1H3,(H,34,40). The summed E-state index contributed by atoms with van der Waals surface area (Å²) in [5.41, 5.74) is 2.75. The Morgan fingerprint density at radius 1 is 1.15 bits per heavy atom. The summed E-state index contributed by atoms with van der Waals surface area (Å²) in [6, 6.07) is 9.66. The average Bonchev–Trinajstić information content (AvgIpc) is 3.29. The van der Waals surface area contributed by atoms with Gasteiger partial charge in [0.1, 0.15) is 18.7 Å². The Bertz CT molecular complexity index is 1610. The van der Waals surface area contributed by atoms with Crippen molar-refractivity contribution in [3.63, 3.8) is 0 Å². The van der Waals surface area contributed by atoms with E-state index in [-0.39, 0.29) is 48.0 Å². The fraction of sp³-hybridized carbons (Fsp3) is 0.276. The third-order valence-electron chi connectivity index (χ3n) is 7.09. The van der Waals surface area contributed by atoms with E-state index in [9.17, 15) is 23.9 Å². The molecule has 2 aromatic heterocycles. The lowest BCUT2D eigenvalue weighted by Gasteiger charge is -2.40. The van der Waals surface area contributed by atoms with Crippen LogP contribution in [0.2, 0.25) is 5.02 Å². The molecule has 212 valence electrons. The Morgan fingerprint density at radius 3 is 2.61 bits per heavy atom. The van der Waals surface area contributed by atoms with Crippen molar-refractivity contribution in [2.75, 3.05) is 11.9 Å². The highest BCUT2D eigenvalue weighted by Gasteiger charge is 2.36. The predicted molar refractivity (Wildman–Crippen MR) is 151 cm³/mol. The highest BCUT2D eigenvalue weighted by atomic mass is 35.5. The molecule has 0 saturated heterocycles. The zero-order valence-corrected chi connectivity index (χ0v) is 22.9. The van der Waals surface area contributed by atoms with Crippen LogP contribution in [0.15, 0.2) is 61.3 Å². The van der Waals surface area contributed by atoms with E-state index in [1.54, 1.807) is 29.2 Å². The number of aromatic nitrogens is 3. The molecule has 1 aliphatic rings. The maximum Gasteiger partial charge on any atom is 0.243 e. The lowest BCUT2D eigenvalue weighted by Crippen LogP contribution is -2.53. The van der Waals surface area contributed by atoms with E-state index in [2.05, 4.69) is 20.6 Å². The number of carbonyl (C=O) groups excluding carboxylic acids is 3. The maximum absolute atomic E-state index is 14.2. The second-order valence-corrected chi connectivity index (χ2v) is 10.4. The van der Waals surface area contributed by atoms with Crippen LogP contribution in [-0.4, -0.2) is 60.8 Å². The Morgan fingerprint density at radius 2 is 1.90 bits per heavy atom. The van der Waals surface area contributed by atoms with Gasteiger partial charge in [0.25, 0.3) is 0 Å². The van der Waals surface area contributed by atoms with Crippen LogP contribution in [0.1, 0.15) is 35.7 Å². The molecule has 41 heavy (non-hydrogen) atoms. The van der Waals surface area contributed by atoms with Crippen molar-refractivity contribution >= 4 is 51.5 Å². The lowest BCUT2D eigenvalue weighted by molar-refractivity contribution is -0.143. The number of fused-ring (bicyclic) bond motifs is 1. The molecule has 4 aromatic rings. The third-order valence-corrected chi connectivity index (χ3v) is 7.38. The van der Waals surface area contributed by atoms with Crippen LogP contribution in [0.3, 0.4) is 0 Å². The molecule has 0 spiro atoms. The molecular formula is C29H28ClFN6O4. The first kappa shape index (κ1) is 28.2. The zero-order valence-electron chi connectivity index (χ0n) is 22.2. The number of carbonyl (C=O) groups is 3. The number of rotatable bonds is 10. The number of aliphatic hydroxyl groups is 1. The molecule has 3 N–H and O–H groups in total. The molecule has 12 heteroatoms. The maximum atomic E-state index is 14.2. The van der Waals surface area contributed by atoms with Gasteiger partial charge in [-0.3, -0.25) is 14.4 Å². The molecule has 0 atom stereocenters. The van der Waals surface area contributed by atoms with Gasteiger partial charge in [-0.1, -0.05) is 23.7 Å². The SMILES string of the molecule is CC(=O)c1cn(CC(=O)N(CC(=O)NCc2cccc(Cl)c2F)C2CC(O)C2)c2ccc(Nc3cncnc3)cc12. The van der Waals surface area contributed by atoms with Crippen molar-refractivity contribution in [1.29, 1.82) is 0 Å². The van der Waals surface area contributed by atoms with Crippen LogP contribution in [0.5, 0.6) is 0 Å². The number of ketones is 1. The first-order valence-corrected chi connectivity index (χ1v) is 13.4. The van der Waals surface area contributed by atoms with Gasteiger partial charge >= 0.3 is 0 Å². The molecule has 5 rings (SSSR count). The van der Waals surface area contributed by atoms with Crippen LogP contribution in [-0.2, 0) is 22.7 Å². The molecule has 1 saturated carbocycles. The van der Waals surface area contributed by atoms with E-state index in [4.69, 9.17) is 11.6 Å². The minimum Gasteiger partial charge on any atom is -0.393 e. The Hall–Kier alpha value is -4.35. The third kappa shape index (κ3) is 6.36. The monoisotopic (exact) mass is 578 g/mol. The summed E-state index contributed by atoms with van der Waals surface area (Å²) in [5.74, 6) is -1.59. The number of nitrogens with zero attached hydrogens (tertiary/aromatic N) is 4. The highest BCUT2D eigenvalue weighted by molar-refractivity contribution is 6.30. The highest BCUT2D eigenvalue weighted by Crippen LogP contribution is 2.29. The van der Waals surface area contributed by atoms with Gasteiger partial charge in [0.2, 0.25) is 11.8 Å². The first-order valence-electron chi connectivity index (χ1n) is 13.0. The number of Topliss-reactive ketones (excluding diaryl/α,β-unsaturated/α-hetero) is 1. The number of benzene rings is 2. The van der Waals surface area contributed by atoms with Crippen molar-refractivity contribution in [2.24, 2.45) is 0 Å². The van der Waals surface area contributed by atoms with Gasteiger partial charge in [-0.05, 0) is 44.0 Å². The molecule has 2 amide bonds. The van der Waals surface area contributed by atoms with Crippen LogP contribution < -0.4 is 10.6 Å². The number of hydrogen-bond acceptors (Lipinski definition) is 7. The normalized spacial score (nSPS) is 16.2. The van der Waals surface area contributed by atoms with Gasteiger partial charge in [-0.25, -0.2) is 14.4 Å². The fourth-order valence-corrected chi connectivity index (χ4v) is 5.07. The number of anilines is 2. The summed E-state index contributed by atoms with van der Waals surface area (Å²) < 4.78 is 15.9. The molecule has 2 heterocycles. The number of halogens is 2. The van der Waals surface area contributed by atoms with Crippen molar-refractivity contribution < 1.29 is 23.9 Å². The summed E-state index contributed by atoms with van der Waals surface area (Å²) in [7, 11) is 0. The van der Waals surface area contributed by atoms with Crippen molar-refractivity contribution in [3.05, 3.63) is 83.3 Å². The second kappa shape index (κ2) is 12.0. The molecule has 1 fully saturated rings. The van der Waals surface area contributed by atoms with Gasteiger partial charge in [-0.2, -0.15) is 0 Å². The van der Waals surface area contributed by atoms with Crippen LogP contribution in [0.4, 0.5) is 15.8 Å². The fourth-order valence-electron chi connectivity index (χ4n) is 4.88. The number of hydrogen-bond donors (Lipinski definition) is 3.